The number of nitrogens with zero attached hydrogens (tertiary/aromatic N) is 5. The Hall–Kier alpha value is -2.22. The Morgan fingerprint density at radius 2 is 1.76 bits per heavy atom. The number of carbonyl (C=O) groups is 1. The predicted molar refractivity (Wildman–Crippen MR) is 117 cm³/mol. The first-order valence-corrected chi connectivity index (χ1v) is 11.4. The van der Waals surface area contributed by atoms with E-state index in [9.17, 15) is 4.79 Å². The minimum atomic E-state index is 0.103. The summed E-state index contributed by atoms with van der Waals surface area (Å²) in [5.41, 5.74) is 1.81. The third kappa shape index (κ3) is 4.69. The van der Waals surface area contributed by atoms with Gasteiger partial charge in [0.15, 0.2) is 0 Å². The summed E-state index contributed by atoms with van der Waals surface area (Å²) >= 11 is 1.49. The van der Waals surface area contributed by atoms with E-state index in [4.69, 9.17) is 4.98 Å². The van der Waals surface area contributed by atoms with Crippen molar-refractivity contribution in [3.05, 3.63) is 27.3 Å². The van der Waals surface area contributed by atoms with Crippen molar-refractivity contribution < 1.29 is 4.79 Å². The van der Waals surface area contributed by atoms with E-state index in [1.165, 1.54) is 43.4 Å². The third-order valence-electron chi connectivity index (χ3n) is 5.77. The molecule has 2 fully saturated rings. The van der Waals surface area contributed by atoms with Gasteiger partial charge in [0.1, 0.15) is 10.7 Å². The Labute approximate surface area is 176 Å². The molecule has 1 saturated heterocycles. The van der Waals surface area contributed by atoms with Gasteiger partial charge >= 0.3 is 0 Å². The maximum Gasteiger partial charge on any atom is 0.265 e. The normalized spacial score (nSPS) is 18.2. The fourth-order valence-corrected chi connectivity index (χ4v) is 5.11. The largest absolute Gasteiger partial charge is 0.353 e. The molecule has 3 heterocycles. The highest BCUT2D eigenvalue weighted by Gasteiger charge is 2.26. The molecule has 0 aromatic carbocycles. The van der Waals surface area contributed by atoms with E-state index in [-0.39, 0.29) is 5.91 Å². The zero-order chi connectivity index (χ0) is 20.4. The lowest BCUT2D eigenvalue weighted by Gasteiger charge is -2.35. The summed E-state index contributed by atoms with van der Waals surface area (Å²) < 4.78 is 0. The Kier molecular flexibility index (Phi) is 5.99. The van der Waals surface area contributed by atoms with Gasteiger partial charge in [0.05, 0.1) is 10.7 Å². The summed E-state index contributed by atoms with van der Waals surface area (Å²) in [5.74, 6) is 1.79. The van der Waals surface area contributed by atoms with Gasteiger partial charge in [-0.3, -0.25) is 4.79 Å². The molecule has 1 amide bonds. The minimum Gasteiger partial charge on any atom is -0.353 e. The van der Waals surface area contributed by atoms with E-state index in [2.05, 4.69) is 20.2 Å². The molecule has 0 bridgehead atoms. The zero-order valence-electron chi connectivity index (χ0n) is 17.6. The highest BCUT2D eigenvalue weighted by atomic mass is 32.1. The summed E-state index contributed by atoms with van der Waals surface area (Å²) in [6.45, 7) is 8.84. The fourth-order valence-electron chi connectivity index (χ4n) is 4.22. The lowest BCUT2D eigenvalue weighted by molar-refractivity contribution is 0.0750. The van der Waals surface area contributed by atoms with Crippen molar-refractivity contribution in [1.82, 2.24) is 19.9 Å². The molecule has 156 valence electrons. The van der Waals surface area contributed by atoms with Crippen LogP contribution in [0.1, 0.15) is 58.2 Å². The molecule has 1 aliphatic carbocycles. The molecule has 8 heteroatoms. The number of aromatic nitrogens is 3. The fraction of sp³-hybridized carbons (Fsp3) is 0.619. The topological polar surface area (TPSA) is 74.2 Å². The maximum atomic E-state index is 12.8. The van der Waals surface area contributed by atoms with Crippen LogP contribution in [0.2, 0.25) is 0 Å². The molecule has 7 nitrogen and oxygen atoms in total. The summed E-state index contributed by atoms with van der Waals surface area (Å²) in [6.07, 6.45) is 6.30. The Morgan fingerprint density at radius 3 is 2.41 bits per heavy atom. The Balaban J connectivity index is 1.40. The first kappa shape index (κ1) is 20.1. The number of carbonyl (C=O) groups excluding carboxylic acids is 1. The van der Waals surface area contributed by atoms with Crippen molar-refractivity contribution in [2.75, 3.05) is 36.4 Å². The van der Waals surface area contributed by atoms with E-state index in [0.717, 1.165) is 46.1 Å². The van der Waals surface area contributed by atoms with Crippen molar-refractivity contribution in [2.24, 2.45) is 0 Å². The SMILES string of the molecule is Cc1cc(N2CCN(C(=O)c3sc(C)nc3C)CC2)nc(NC2CCCCC2)n1. The van der Waals surface area contributed by atoms with Gasteiger partial charge in [-0.1, -0.05) is 19.3 Å². The second-order valence-electron chi connectivity index (χ2n) is 8.10. The first-order valence-electron chi connectivity index (χ1n) is 10.6. The second kappa shape index (κ2) is 8.65. The highest BCUT2D eigenvalue weighted by molar-refractivity contribution is 7.13. The molecule has 1 N–H and O–H groups in total. The van der Waals surface area contributed by atoms with Crippen LogP contribution in [0.3, 0.4) is 0 Å². The van der Waals surface area contributed by atoms with Crippen LogP contribution in [0.5, 0.6) is 0 Å². The Morgan fingerprint density at radius 1 is 1.03 bits per heavy atom. The third-order valence-corrected chi connectivity index (χ3v) is 6.83. The van der Waals surface area contributed by atoms with Crippen LogP contribution < -0.4 is 10.2 Å². The average Bonchev–Trinajstić information content (AvgIpc) is 3.06. The van der Waals surface area contributed by atoms with Crippen LogP contribution >= 0.6 is 11.3 Å². The molecule has 0 radical (unpaired) electrons. The van der Waals surface area contributed by atoms with Gasteiger partial charge in [-0.2, -0.15) is 4.98 Å². The minimum absolute atomic E-state index is 0.103. The van der Waals surface area contributed by atoms with E-state index >= 15 is 0 Å². The summed E-state index contributed by atoms with van der Waals surface area (Å²) in [6, 6.07) is 2.53. The number of rotatable bonds is 4. The van der Waals surface area contributed by atoms with E-state index < -0.39 is 0 Å². The Bertz CT molecular complexity index is 868. The molecule has 1 saturated carbocycles. The van der Waals surface area contributed by atoms with Crippen LogP contribution in [-0.2, 0) is 0 Å². The number of piperazine rings is 1. The summed E-state index contributed by atoms with van der Waals surface area (Å²) in [4.78, 5) is 31.6. The smallest absolute Gasteiger partial charge is 0.265 e. The van der Waals surface area contributed by atoms with E-state index in [1.54, 1.807) is 0 Å². The van der Waals surface area contributed by atoms with Gasteiger partial charge in [-0.25, -0.2) is 9.97 Å². The van der Waals surface area contributed by atoms with Gasteiger partial charge in [0.25, 0.3) is 5.91 Å². The summed E-state index contributed by atoms with van der Waals surface area (Å²) in [5, 5.41) is 4.48. The van der Waals surface area contributed by atoms with Gasteiger partial charge in [0, 0.05) is 44.0 Å². The number of nitrogens with one attached hydrogen (secondary N) is 1. The van der Waals surface area contributed by atoms with Crippen molar-refractivity contribution in [3.63, 3.8) is 0 Å². The molecule has 2 aromatic heterocycles. The molecule has 2 aliphatic rings. The number of amides is 1. The van der Waals surface area contributed by atoms with Crippen LogP contribution in [0.4, 0.5) is 11.8 Å². The molecule has 0 unspecified atom stereocenters. The maximum absolute atomic E-state index is 12.8. The number of thiazole rings is 1. The first-order chi connectivity index (χ1) is 14.0. The van der Waals surface area contributed by atoms with Crippen molar-refractivity contribution in [2.45, 2.75) is 58.9 Å². The van der Waals surface area contributed by atoms with Gasteiger partial charge in [-0.15, -0.1) is 11.3 Å². The average molecular weight is 415 g/mol. The standard InChI is InChI=1S/C21H30N6OS/c1-14-13-18(25-21(22-14)24-17-7-5-4-6-8-17)26-9-11-27(12-10-26)20(28)19-15(2)23-16(3)29-19/h13,17H,4-12H2,1-3H3,(H,22,24,25). The number of hydrogen-bond donors (Lipinski definition) is 1. The molecule has 0 atom stereocenters. The number of aryl methyl sites for hydroxylation is 3. The highest BCUT2D eigenvalue weighted by Crippen LogP contribution is 2.24. The van der Waals surface area contributed by atoms with Crippen molar-refractivity contribution in [3.8, 4) is 0 Å². The lowest BCUT2D eigenvalue weighted by atomic mass is 9.96. The second-order valence-corrected chi connectivity index (χ2v) is 9.30. The summed E-state index contributed by atoms with van der Waals surface area (Å²) in [7, 11) is 0. The molecule has 29 heavy (non-hydrogen) atoms. The van der Waals surface area contributed by atoms with Crippen LogP contribution in [0.15, 0.2) is 6.07 Å². The van der Waals surface area contributed by atoms with Crippen molar-refractivity contribution in [1.29, 1.82) is 0 Å². The molecule has 0 spiro atoms. The van der Waals surface area contributed by atoms with E-state index in [1.807, 2.05) is 31.7 Å². The molecular formula is C21H30N6OS. The quantitative estimate of drug-likeness (QED) is 0.824. The predicted octanol–water partition coefficient (Wildman–Crippen LogP) is 3.57. The van der Waals surface area contributed by atoms with E-state index in [0.29, 0.717) is 19.1 Å². The number of anilines is 2. The monoisotopic (exact) mass is 414 g/mol. The molecule has 2 aromatic rings. The molecule has 4 rings (SSSR count). The lowest BCUT2D eigenvalue weighted by Crippen LogP contribution is -2.49. The number of hydrogen-bond acceptors (Lipinski definition) is 7. The van der Waals surface area contributed by atoms with Crippen LogP contribution in [0, 0.1) is 20.8 Å². The van der Waals surface area contributed by atoms with Gasteiger partial charge < -0.3 is 15.1 Å². The van der Waals surface area contributed by atoms with Crippen LogP contribution in [0.25, 0.3) is 0 Å². The molecular weight excluding hydrogens is 384 g/mol. The van der Waals surface area contributed by atoms with Gasteiger partial charge in [-0.05, 0) is 33.6 Å². The van der Waals surface area contributed by atoms with Crippen molar-refractivity contribution >= 4 is 29.0 Å². The zero-order valence-corrected chi connectivity index (χ0v) is 18.4. The van der Waals surface area contributed by atoms with Crippen LogP contribution in [-0.4, -0.2) is 58.0 Å². The van der Waals surface area contributed by atoms with Gasteiger partial charge in [0.2, 0.25) is 5.95 Å². The molecule has 1 aliphatic heterocycles.